The van der Waals surface area contributed by atoms with Gasteiger partial charge >= 0.3 is 5.97 Å². The van der Waals surface area contributed by atoms with E-state index in [1.165, 1.54) is 0 Å². The fraction of sp³-hybridized carbons (Fsp3) is 0.933. The molecule has 0 aromatic heterocycles. The summed E-state index contributed by atoms with van der Waals surface area (Å²) in [6, 6.07) is 0. The van der Waals surface area contributed by atoms with E-state index in [0.29, 0.717) is 0 Å². The normalized spacial score (nSPS) is 26.8. The molecule has 1 atom stereocenters. The molecule has 0 saturated heterocycles. The molecule has 1 fully saturated rings. The Hall–Kier alpha value is -0.380. The largest absolute Gasteiger partial charge is 0.460 e. The molecule has 0 amide bonds. The van der Waals surface area contributed by atoms with Gasteiger partial charge in [-0.05, 0) is 67.2 Å². The van der Waals surface area contributed by atoms with Gasteiger partial charge in [0.1, 0.15) is 5.60 Å². The first kappa shape index (κ1) is 16.7. The average Bonchev–Trinajstić information content (AvgIpc) is 2.24. The van der Waals surface area contributed by atoms with Crippen molar-refractivity contribution in [1.82, 2.24) is 0 Å². The van der Waals surface area contributed by atoms with E-state index >= 15 is 0 Å². The molecule has 0 spiro atoms. The van der Waals surface area contributed by atoms with Gasteiger partial charge in [-0.2, -0.15) is 0 Å². The lowest BCUT2D eigenvalue weighted by atomic mass is 9.89. The highest BCUT2D eigenvalue weighted by atomic mass is 32.2. The van der Waals surface area contributed by atoms with E-state index in [9.17, 15) is 9.00 Å². The smallest absolute Gasteiger partial charge is 0.309 e. The SMILES string of the molecule is CC(C)(C)OC(=O)C1CCC(S(=O)C(C)(C)C)CC1. The molecule has 19 heavy (non-hydrogen) atoms. The molecule has 0 aromatic rings. The second-order valence-corrected chi connectivity index (χ2v) is 9.90. The number of carbonyl (C=O) groups excluding carboxylic acids is 1. The van der Waals surface area contributed by atoms with Crippen molar-refractivity contribution in [2.24, 2.45) is 5.92 Å². The van der Waals surface area contributed by atoms with E-state index in [2.05, 4.69) is 0 Å². The van der Waals surface area contributed by atoms with Crippen LogP contribution in [0.1, 0.15) is 67.2 Å². The Labute approximate surface area is 119 Å². The van der Waals surface area contributed by atoms with E-state index in [1.807, 2.05) is 41.5 Å². The van der Waals surface area contributed by atoms with Gasteiger partial charge in [0.05, 0.1) is 5.92 Å². The molecule has 0 aliphatic heterocycles. The summed E-state index contributed by atoms with van der Waals surface area (Å²) < 4.78 is 17.6. The number of carbonyl (C=O) groups is 1. The molecule has 4 heteroatoms. The van der Waals surface area contributed by atoms with Crippen molar-refractivity contribution in [2.75, 3.05) is 0 Å². The predicted octanol–water partition coefficient (Wildman–Crippen LogP) is 3.43. The third-order valence-corrected chi connectivity index (χ3v) is 5.60. The Morgan fingerprint density at radius 3 is 1.84 bits per heavy atom. The molecule has 1 aliphatic carbocycles. The van der Waals surface area contributed by atoms with Crippen LogP contribution in [0.2, 0.25) is 0 Å². The maximum atomic E-state index is 12.3. The number of hydrogen-bond acceptors (Lipinski definition) is 3. The van der Waals surface area contributed by atoms with Crippen LogP contribution in [-0.4, -0.2) is 25.8 Å². The van der Waals surface area contributed by atoms with E-state index in [1.54, 1.807) is 0 Å². The zero-order valence-electron chi connectivity index (χ0n) is 13.1. The highest BCUT2D eigenvalue weighted by Crippen LogP contribution is 2.32. The number of esters is 1. The van der Waals surface area contributed by atoms with Gasteiger partial charge in [0, 0.05) is 20.8 Å². The highest BCUT2D eigenvalue weighted by molar-refractivity contribution is 7.87. The molecule has 1 unspecified atom stereocenters. The first-order valence-corrected chi connectivity index (χ1v) is 8.35. The summed E-state index contributed by atoms with van der Waals surface area (Å²) in [4.78, 5) is 12.0. The minimum absolute atomic E-state index is 0.00700. The Kier molecular flexibility index (Phi) is 5.21. The molecule has 0 heterocycles. The van der Waals surface area contributed by atoms with Crippen LogP contribution in [0, 0.1) is 5.92 Å². The molecule has 0 radical (unpaired) electrons. The van der Waals surface area contributed by atoms with Gasteiger partial charge in [-0.15, -0.1) is 0 Å². The lowest BCUT2D eigenvalue weighted by molar-refractivity contribution is -0.161. The monoisotopic (exact) mass is 288 g/mol. The maximum Gasteiger partial charge on any atom is 0.309 e. The van der Waals surface area contributed by atoms with Crippen molar-refractivity contribution in [3.63, 3.8) is 0 Å². The molecular weight excluding hydrogens is 260 g/mol. The highest BCUT2D eigenvalue weighted by Gasteiger charge is 2.35. The standard InChI is InChI=1S/C15H28O3S/c1-14(2,3)18-13(16)11-7-9-12(10-8-11)19(17)15(4,5)6/h11-12H,7-10H2,1-6H3. The van der Waals surface area contributed by atoms with Crippen molar-refractivity contribution in [1.29, 1.82) is 0 Å². The summed E-state index contributed by atoms with van der Waals surface area (Å²) in [6.07, 6.45) is 3.35. The van der Waals surface area contributed by atoms with Gasteiger partial charge in [0.25, 0.3) is 0 Å². The van der Waals surface area contributed by atoms with Gasteiger partial charge in [-0.1, -0.05) is 0 Å². The summed E-state index contributed by atoms with van der Waals surface area (Å²) in [7, 11) is -0.823. The first-order chi connectivity index (χ1) is 8.50. The molecule has 3 nitrogen and oxygen atoms in total. The van der Waals surface area contributed by atoms with Crippen molar-refractivity contribution in [3.8, 4) is 0 Å². The number of rotatable bonds is 2. The zero-order valence-corrected chi connectivity index (χ0v) is 13.9. The Morgan fingerprint density at radius 2 is 1.47 bits per heavy atom. The lowest BCUT2D eigenvalue weighted by Gasteiger charge is -2.32. The van der Waals surface area contributed by atoms with E-state index in [0.717, 1.165) is 25.7 Å². The number of ether oxygens (including phenoxy) is 1. The van der Waals surface area contributed by atoms with E-state index in [4.69, 9.17) is 4.74 Å². The summed E-state index contributed by atoms with van der Waals surface area (Å²) in [5.74, 6) is -0.0973. The van der Waals surface area contributed by atoms with E-state index < -0.39 is 16.4 Å². The van der Waals surface area contributed by atoms with Crippen LogP contribution in [0.4, 0.5) is 0 Å². The van der Waals surface area contributed by atoms with E-state index in [-0.39, 0.29) is 21.9 Å². The minimum atomic E-state index is -0.823. The van der Waals surface area contributed by atoms with Crippen LogP contribution in [0.3, 0.4) is 0 Å². The fourth-order valence-electron chi connectivity index (χ4n) is 2.40. The van der Waals surface area contributed by atoms with Crippen LogP contribution >= 0.6 is 0 Å². The van der Waals surface area contributed by atoms with Crippen LogP contribution in [0.5, 0.6) is 0 Å². The third kappa shape index (κ3) is 5.25. The van der Waals surface area contributed by atoms with Crippen LogP contribution < -0.4 is 0 Å². The summed E-state index contributed by atoms with van der Waals surface area (Å²) in [5.41, 5.74) is -0.415. The second-order valence-electron chi connectivity index (χ2n) is 7.42. The van der Waals surface area contributed by atoms with Crippen LogP contribution in [0.15, 0.2) is 0 Å². The van der Waals surface area contributed by atoms with Crippen molar-refractivity contribution < 1.29 is 13.7 Å². The van der Waals surface area contributed by atoms with Gasteiger partial charge in [0.15, 0.2) is 0 Å². The predicted molar refractivity (Wildman–Crippen MR) is 79.5 cm³/mol. The van der Waals surface area contributed by atoms with Crippen LogP contribution in [-0.2, 0) is 20.3 Å². The molecule has 0 N–H and O–H groups in total. The minimum Gasteiger partial charge on any atom is -0.460 e. The lowest BCUT2D eigenvalue weighted by Crippen LogP contribution is -2.37. The molecule has 0 aromatic carbocycles. The summed E-state index contributed by atoms with van der Waals surface area (Å²) in [6.45, 7) is 11.7. The number of hydrogen-bond donors (Lipinski definition) is 0. The van der Waals surface area contributed by atoms with Gasteiger partial charge in [-0.3, -0.25) is 9.00 Å². The van der Waals surface area contributed by atoms with Crippen LogP contribution in [0.25, 0.3) is 0 Å². The molecular formula is C15H28O3S. The summed E-state index contributed by atoms with van der Waals surface area (Å²) >= 11 is 0. The Balaban J connectivity index is 2.50. The molecule has 1 rings (SSSR count). The molecule has 1 saturated carbocycles. The Bertz CT molecular complexity index is 341. The molecule has 1 aliphatic rings. The third-order valence-electron chi connectivity index (χ3n) is 3.32. The van der Waals surface area contributed by atoms with Gasteiger partial charge in [0.2, 0.25) is 0 Å². The fourth-order valence-corrected chi connectivity index (χ4v) is 4.10. The van der Waals surface area contributed by atoms with Crippen molar-refractivity contribution in [2.45, 2.75) is 82.8 Å². The second kappa shape index (κ2) is 5.94. The van der Waals surface area contributed by atoms with Gasteiger partial charge < -0.3 is 4.74 Å². The first-order valence-electron chi connectivity index (χ1n) is 7.14. The molecule has 0 bridgehead atoms. The van der Waals surface area contributed by atoms with Gasteiger partial charge in [-0.25, -0.2) is 0 Å². The summed E-state index contributed by atoms with van der Waals surface area (Å²) in [5, 5.41) is 0.235. The maximum absolute atomic E-state index is 12.3. The average molecular weight is 288 g/mol. The van der Waals surface area contributed by atoms with Crippen molar-refractivity contribution in [3.05, 3.63) is 0 Å². The topological polar surface area (TPSA) is 43.4 Å². The quantitative estimate of drug-likeness (QED) is 0.731. The molecule has 112 valence electrons. The van der Waals surface area contributed by atoms with Crippen molar-refractivity contribution >= 4 is 16.8 Å². The zero-order chi connectivity index (χ0) is 14.8. The Morgan fingerprint density at radius 1 is 1.00 bits per heavy atom.